The second-order valence-corrected chi connectivity index (χ2v) is 8.39. The van der Waals surface area contributed by atoms with Crippen LogP contribution in [0.15, 0.2) is 36.4 Å². The summed E-state index contributed by atoms with van der Waals surface area (Å²) >= 11 is 0. The number of piperazine rings is 1. The molecule has 1 aliphatic rings. The van der Waals surface area contributed by atoms with E-state index in [1.807, 2.05) is 13.1 Å². The molecule has 1 heterocycles. The van der Waals surface area contributed by atoms with E-state index < -0.39 is 17.6 Å². The van der Waals surface area contributed by atoms with Crippen LogP contribution in [0.2, 0.25) is 0 Å². The molecule has 1 aliphatic heterocycles. The zero-order valence-corrected chi connectivity index (χ0v) is 18.6. The third-order valence-electron chi connectivity index (χ3n) is 5.79. The van der Waals surface area contributed by atoms with E-state index >= 15 is 0 Å². The quantitative estimate of drug-likeness (QED) is 0.669. The van der Waals surface area contributed by atoms with Crippen LogP contribution in [0.3, 0.4) is 0 Å². The largest absolute Gasteiger partial charge is 0.416 e. The van der Waals surface area contributed by atoms with E-state index in [2.05, 4.69) is 22.0 Å². The Hall–Kier alpha value is -2.42. The number of aryl methyl sites for hydroxylation is 1. The first-order valence-electron chi connectivity index (χ1n) is 10.9. The van der Waals surface area contributed by atoms with Crippen LogP contribution in [0.1, 0.15) is 46.0 Å². The fourth-order valence-electron chi connectivity index (χ4n) is 3.96. The first kappa shape index (κ1) is 24.2. The maximum Gasteiger partial charge on any atom is 0.416 e. The molecule has 1 saturated heterocycles. The fourth-order valence-corrected chi connectivity index (χ4v) is 3.96. The van der Waals surface area contributed by atoms with Gasteiger partial charge in [0.1, 0.15) is 0 Å². The third kappa shape index (κ3) is 6.31. The van der Waals surface area contributed by atoms with Crippen LogP contribution in [-0.2, 0) is 25.7 Å². The molecule has 0 spiro atoms. The molecule has 1 fully saturated rings. The van der Waals surface area contributed by atoms with Gasteiger partial charge >= 0.3 is 6.18 Å². The number of nitrogens with zero attached hydrogens (tertiary/aromatic N) is 2. The number of nitrogens with one attached hydrogen (secondary N) is 1. The molecule has 0 bridgehead atoms. The Balaban J connectivity index is 1.82. The molecule has 0 atom stereocenters. The predicted molar refractivity (Wildman–Crippen MR) is 120 cm³/mol. The van der Waals surface area contributed by atoms with Crippen LogP contribution >= 0.6 is 0 Å². The minimum atomic E-state index is -4.49. The molecule has 0 unspecified atom stereocenters. The molecular formula is C24H31F3N4O. The molecule has 32 heavy (non-hydrogen) atoms. The summed E-state index contributed by atoms with van der Waals surface area (Å²) in [4.78, 5) is 17.1. The van der Waals surface area contributed by atoms with Crippen LogP contribution in [0.5, 0.6) is 0 Å². The topological polar surface area (TPSA) is 61.6 Å². The Morgan fingerprint density at radius 1 is 1.06 bits per heavy atom. The Kier molecular flexibility index (Phi) is 7.92. The molecule has 8 heteroatoms. The average molecular weight is 449 g/mol. The number of alkyl halides is 3. The predicted octanol–water partition coefficient (Wildman–Crippen LogP) is 4.12. The summed E-state index contributed by atoms with van der Waals surface area (Å²) in [6.07, 6.45) is -2.68. The van der Waals surface area contributed by atoms with Crippen molar-refractivity contribution in [2.45, 2.75) is 39.0 Å². The number of nitrogens with two attached hydrogens (primary N) is 1. The van der Waals surface area contributed by atoms with Crippen molar-refractivity contribution in [1.82, 2.24) is 9.80 Å². The van der Waals surface area contributed by atoms with Gasteiger partial charge in [0.15, 0.2) is 0 Å². The highest BCUT2D eigenvalue weighted by Crippen LogP contribution is 2.32. The lowest BCUT2D eigenvalue weighted by atomic mass is 10.00. The molecule has 0 aliphatic carbocycles. The van der Waals surface area contributed by atoms with Crippen LogP contribution in [0, 0.1) is 0 Å². The Bertz CT molecular complexity index is 937. The molecular weight excluding hydrogens is 417 g/mol. The number of amides is 1. The number of halogens is 3. The van der Waals surface area contributed by atoms with Crippen molar-refractivity contribution in [3.63, 3.8) is 0 Å². The second kappa shape index (κ2) is 10.5. The SMILES string of the molecule is CCCc1ccc(C(=O)Nc2cc(CN3CCN(C)CC3)cc(C(F)(F)F)c2)cc1CN. The zero-order chi connectivity index (χ0) is 23.3. The van der Waals surface area contributed by atoms with Gasteiger partial charge in [-0.25, -0.2) is 0 Å². The standard InChI is InChI=1S/C24H31F3N4O/c1-3-4-18-5-6-19(13-20(18)15-28)23(32)29-22-12-17(11-21(14-22)24(25,26)27)16-31-9-7-30(2)8-10-31/h5-6,11-14H,3-4,7-10,15-16,28H2,1-2H3,(H,29,32). The number of rotatable bonds is 7. The number of likely N-dealkylation sites (N-methyl/N-ethyl adjacent to an activating group) is 1. The van der Waals surface area contributed by atoms with Crippen molar-refractivity contribution >= 4 is 11.6 Å². The van der Waals surface area contributed by atoms with Crippen LogP contribution in [-0.4, -0.2) is 48.9 Å². The lowest BCUT2D eigenvalue weighted by molar-refractivity contribution is -0.137. The molecule has 2 aromatic carbocycles. The van der Waals surface area contributed by atoms with Gasteiger partial charge in [-0.3, -0.25) is 9.69 Å². The molecule has 0 saturated carbocycles. The highest BCUT2D eigenvalue weighted by atomic mass is 19.4. The van der Waals surface area contributed by atoms with E-state index in [0.29, 0.717) is 24.2 Å². The van der Waals surface area contributed by atoms with Crippen molar-refractivity contribution in [3.05, 3.63) is 64.2 Å². The smallest absolute Gasteiger partial charge is 0.326 e. The highest BCUT2D eigenvalue weighted by Gasteiger charge is 2.31. The normalized spacial score (nSPS) is 15.7. The number of carbonyl (C=O) groups excluding carboxylic acids is 1. The number of carbonyl (C=O) groups is 1. The Morgan fingerprint density at radius 3 is 2.41 bits per heavy atom. The van der Waals surface area contributed by atoms with E-state index in [-0.39, 0.29) is 5.69 Å². The van der Waals surface area contributed by atoms with Gasteiger partial charge in [0.05, 0.1) is 5.56 Å². The van der Waals surface area contributed by atoms with Crippen LogP contribution < -0.4 is 11.1 Å². The van der Waals surface area contributed by atoms with Gasteiger partial charge in [-0.2, -0.15) is 13.2 Å². The summed E-state index contributed by atoms with van der Waals surface area (Å²) in [6.45, 7) is 6.11. The van der Waals surface area contributed by atoms with E-state index in [0.717, 1.165) is 56.2 Å². The molecule has 1 amide bonds. The Morgan fingerprint density at radius 2 is 1.78 bits per heavy atom. The van der Waals surface area contributed by atoms with E-state index in [4.69, 9.17) is 5.73 Å². The Labute approximate surface area is 187 Å². The summed E-state index contributed by atoms with van der Waals surface area (Å²) in [5.41, 5.74) is 8.06. The minimum absolute atomic E-state index is 0.140. The molecule has 3 rings (SSSR count). The lowest BCUT2D eigenvalue weighted by Gasteiger charge is -2.32. The van der Waals surface area contributed by atoms with E-state index in [9.17, 15) is 18.0 Å². The van der Waals surface area contributed by atoms with Gasteiger partial charge < -0.3 is 16.0 Å². The van der Waals surface area contributed by atoms with Gasteiger partial charge in [-0.05, 0) is 60.5 Å². The van der Waals surface area contributed by atoms with Gasteiger partial charge in [0.2, 0.25) is 0 Å². The van der Waals surface area contributed by atoms with E-state index in [1.54, 1.807) is 18.2 Å². The molecule has 3 N–H and O–H groups in total. The van der Waals surface area contributed by atoms with Crippen LogP contribution in [0.25, 0.3) is 0 Å². The van der Waals surface area contributed by atoms with Crippen molar-refractivity contribution in [3.8, 4) is 0 Å². The first-order valence-corrected chi connectivity index (χ1v) is 10.9. The fraction of sp³-hybridized carbons (Fsp3) is 0.458. The lowest BCUT2D eigenvalue weighted by Crippen LogP contribution is -2.43. The summed E-state index contributed by atoms with van der Waals surface area (Å²) in [6, 6.07) is 9.06. The average Bonchev–Trinajstić information content (AvgIpc) is 2.75. The minimum Gasteiger partial charge on any atom is -0.326 e. The summed E-state index contributed by atoms with van der Waals surface area (Å²) in [7, 11) is 2.03. The summed E-state index contributed by atoms with van der Waals surface area (Å²) in [5, 5.41) is 2.65. The second-order valence-electron chi connectivity index (χ2n) is 8.39. The summed E-state index contributed by atoms with van der Waals surface area (Å²) < 4.78 is 40.5. The summed E-state index contributed by atoms with van der Waals surface area (Å²) in [5.74, 6) is -0.451. The van der Waals surface area contributed by atoms with Crippen LogP contribution in [0.4, 0.5) is 18.9 Å². The van der Waals surface area contributed by atoms with Crippen molar-refractivity contribution in [2.75, 3.05) is 38.5 Å². The van der Waals surface area contributed by atoms with Crippen molar-refractivity contribution < 1.29 is 18.0 Å². The van der Waals surface area contributed by atoms with Crippen molar-refractivity contribution in [1.29, 1.82) is 0 Å². The van der Waals surface area contributed by atoms with Gasteiger partial charge in [0.25, 0.3) is 5.91 Å². The number of hydrogen-bond donors (Lipinski definition) is 2. The monoisotopic (exact) mass is 448 g/mol. The molecule has 174 valence electrons. The number of hydrogen-bond acceptors (Lipinski definition) is 4. The third-order valence-corrected chi connectivity index (χ3v) is 5.79. The molecule has 0 radical (unpaired) electrons. The number of benzene rings is 2. The van der Waals surface area contributed by atoms with Gasteiger partial charge in [-0.1, -0.05) is 19.4 Å². The van der Waals surface area contributed by atoms with E-state index in [1.165, 1.54) is 6.07 Å². The van der Waals surface area contributed by atoms with Gasteiger partial charge in [-0.15, -0.1) is 0 Å². The maximum absolute atomic E-state index is 13.5. The molecule has 2 aromatic rings. The zero-order valence-electron chi connectivity index (χ0n) is 18.6. The molecule has 0 aromatic heterocycles. The first-order chi connectivity index (χ1) is 15.2. The van der Waals surface area contributed by atoms with Crippen molar-refractivity contribution in [2.24, 2.45) is 5.73 Å². The highest BCUT2D eigenvalue weighted by molar-refractivity contribution is 6.04. The maximum atomic E-state index is 13.5. The molecule has 5 nitrogen and oxygen atoms in total. The van der Waals surface area contributed by atoms with Gasteiger partial charge in [0, 0.05) is 50.5 Å². The number of anilines is 1.